The lowest BCUT2D eigenvalue weighted by molar-refractivity contribution is 0.479. The van der Waals surface area contributed by atoms with E-state index in [2.05, 4.69) is 0 Å². The molecule has 2 aliphatic carbocycles. The third kappa shape index (κ3) is 2.94. The number of hydrogen-bond donors (Lipinski definition) is 1. The fourth-order valence-corrected chi connectivity index (χ4v) is 4.62. The molecule has 2 rings (SSSR count). The lowest BCUT2D eigenvalue weighted by Crippen LogP contribution is -2.37. The predicted octanol–water partition coefficient (Wildman–Crippen LogP) is 1.47. The van der Waals surface area contributed by atoms with Crippen molar-refractivity contribution in [2.75, 3.05) is 5.75 Å². The molecule has 0 heterocycles. The maximum absolute atomic E-state index is 12.0. The molecule has 3 nitrogen and oxygen atoms in total. The van der Waals surface area contributed by atoms with E-state index in [1.165, 1.54) is 6.42 Å². The first-order valence-corrected chi connectivity index (χ1v) is 7.78. The molecule has 0 aromatic carbocycles. The number of nitrogens with two attached hydrogens (primary N) is 1. The van der Waals surface area contributed by atoms with Gasteiger partial charge >= 0.3 is 0 Å². The predicted molar refractivity (Wildman–Crippen MR) is 61.4 cm³/mol. The number of hydrogen-bond acceptors (Lipinski definition) is 3. The summed E-state index contributed by atoms with van der Waals surface area (Å²) in [6.07, 6.45) is 7.31. The molecule has 0 aromatic rings. The molecule has 2 fully saturated rings. The molecular formula is C11H21NO2S. The molecule has 0 spiro atoms. The second-order valence-corrected chi connectivity index (χ2v) is 7.42. The topological polar surface area (TPSA) is 60.2 Å². The Hall–Kier alpha value is -0.0900. The van der Waals surface area contributed by atoms with Crippen LogP contribution in [0.15, 0.2) is 0 Å². The smallest absolute Gasteiger partial charge is 0.154 e. The first kappa shape index (κ1) is 11.4. The molecule has 0 aromatic heterocycles. The molecular weight excluding hydrogens is 210 g/mol. The molecule has 2 N–H and O–H groups in total. The highest BCUT2D eigenvalue weighted by Gasteiger charge is 2.35. The molecule has 15 heavy (non-hydrogen) atoms. The molecule has 1 unspecified atom stereocenters. The van der Waals surface area contributed by atoms with Gasteiger partial charge in [-0.1, -0.05) is 19.3 Å². The second kappa shape index (κ2) is 4.42. The van der Waals surface area contributed by atoms with Crippen LogP contribution in [0, 0.1) is 5.92 Å². The highest BCUT2D eigenvalue weighted by Crippen LogP contribution is 2.33. The normalized spacial score (nSPS) is 26.5. The minimum absolute atomic E-state index is 0.0870. The summed E-state index contributed by atoms with van der Waals surface area (Å²) in [5.41, 5.74) is 5.89. The van der Waals surface area contributed by atoms with Crippen LogP contribution in [-0.4, -0.2) is 25.5 Å². The van der Waals surface area contributed by atoms with Crippen LogP contribution in [-0.2, 0) is 9.84 Å². The molecule has 0 saturated heterocycles. The van der Waals surface area contributed by atoms with Crippen LogP contribution in [0.4, 0.5) is 0 Å². The first-order chi connectivity index (χ1) is 7.09. The van der Waals surface area contributed by atoms with Crippen LogP contribution < -0.4 is 5.73 Å². The highest BCUT2D eigenvalue weighted by atomic mass is 32.2. The van der Waals surface area contributed by atoms with Crippen molar-refractivity contribution >= 4 is 9.84 Å². The van der Waals surface area contributed by atoms with Crippen molar-refractivity contribution in [1.29, 1.82) is 0 Å². The Balaban J connectivity index is 1.92. The number of sulfone groups is 1. The monoisotopic (exact) mass is 231 g/mol. The SMILES string of the molecule is NC(CS(=O)(=O)C1CCCCC1)C1CC1. The van der Waals surface area contributed by atoms with Crippen molar-refractivity contribution in [2.24, 2.45) is 11.7 Å². The molecule has 0 bridgehead atoms. The van der Waals surface area contributed by atoms with Crippen LogP contribution in [0.3, 0.4) is 0 Å². The van der Waals surface area contributed by atoms with E-state index in [-0.39, 0.29) is 17.0 Å². The minimum Gasteiger partial charge on any atom is -0.327 e. The maximum Gasteiger partial charge on any atom is 0.154 e. The largest absolute Gasteiger partial charge is 0.327 e. The molecule has 0 aliphatic heterocycles. The Morgan fingerprint density at radius 2 is 1.67 bits per heavy atom. The summed E-state index contributed by atoms with van der Waals surface area (Å²) in [6, 6.07) is -0.100. The molecule has 88 valence electrons. The van der Waals surface area contributed by atoms with Crippen molar-refractivity contribution in [2.45, 2.75) is 56.2 Å². The average Bonchev–Trinajstić information content (AvgIpc) is 3.01. The van der Waals surface area contributed by atoms with Gasteiger partial charge in [0, 0.05) is 6.04 Å². The Kier molecular flexibility index (Phi) is 3.36. The van der Waals surface area contributed by atoms with Gasteiger partial charge in [0.2, 0.25) is 0 Å². The van der Waals surface area contributed by atoms with E-state index >= 15 is 0 Å². The van der Waals surface area contributed by atoms with E-state index in [4.69, 9.17) is 5.73 Å². The van der Waals surface area contributed by atoms with Crippen molar-refractivity contribution in [3.05, 3.63) is 0 Å². The molecule has 0 amide bonds. The van der Waals surface area contributed by atoms with E-state index in [9.17, 15) is 8.42 Å². The van der Waals surface area contributed by atoms with E-state index < -0.39 is 9.84 Å². The third-order valence-corrected chi connectivity index (χ3v) is 6.05. The quantitative estimate of drug-likeness (QED) is 0.797. The zero-order valence-electron chi connectivity index (χ0n) is 9.19. The Morgan fingerprint density at radius 3 is 2.20 bits per heavy atom. The van der Waals surface area contributed by atoms with E-state index in [0.29, 0.717) is 5.92 Å². The summed E-state index contributed by atoms with van der Waals surface area (Å²) in [4.78, 5) is 0. The van der Waals surface area contributed by atoms with Crippen LogP contribution in [0.25, 0.3) is 0 Å². The third-order valence-electron chi connectivity index (χ3n) is 3.71. The van der Waals surface area contributed by atoms with Crippen molar-refractivity contribution in [3.63, 3.8) is 0 Å². The Bertz CT molecular complexity index is 303. The van der Waals surface area contributed by atoms with Gasteiger partial charge in [0.15, 0.2) is 9.84 Å². The van der Waals surface area contributed by atoms with Gasteiger partial charge < -0.3 is 5.73 Å². The van der Waals surface area contributed by atoms with Crippen LogP contribution in [0.5, 0.6) is 0 Å². The van der Waals surface area contributed by atoms with Gasteiger partial charge in [0.05, 0.1) is 11.0 Å². The Labute approximate surface area is 92.3 Å². The summed E-state index contributed by atoms with van der Waals surface area (Å²) < 4.78 is 24.1. The molecule has 0 radical (unpaired) electrons. The van der Waals surface area contributed by atoms with E-state index in [0.717, 1.165) is 38.5 Å². The van der Waals surface area contributed by atoms with Gasteiger partial charge in [-0.15, -0.1) is 0 Å². The number of rotatable bonds is 4. The van der Waals surface area contributed by atoms with E-state index in [1.54, 1.807) is 0 Å². The maximum atomic E-state index is 12.0. The Morgan fingerprint density at radius 1 is 1.07 bits per heavy atom. The fraction of sp³-hybridized carbons (Fsp3) is 1.00. The fourth-order valence-electron chi connectivity index (χ4n) is 2.49. The van der Waals surface area contributed by atoms with Crippen molar-refractivity contribution in [1.82, 2.24) is 0 Å². The minimum atomic E-state index is -2.91. The van der Waals surface area contributed by atoms with Gasteiger partial charge in [0.1, 0.15) is 0 Å². The molecule has 4 heteroatoms. The average molecular weight is 231 g/mol. The van der Waals surface area contributed by atoms with Crippen molar-refractivity contribution < 1.29 is 8.42 Å². The summed E-state index contributed by atoms with van der Waals surface area (Å²) in [7, 11) is -2.91. The molecule has 2 aliphatic rings. The summed E-state index contributed by atoms with van der Waals surface area (Å²) in [5.74, 6) is 0.714. The zero-order chi connectivity index (χ0) is 10.9. The van der Waals surface area contributed by atoms with Gasteiger partial charge in [-0.3, -0.25) is 0 Å². The van der Waals surface area contributed by atoms with Crippen LogP contribution >= 0.6 is 0 Å². The van der Waals surface area contributed by atoms with Crippen LogP contribution in [0.1, 0.15) is 44.9 Å². The van der Waals surface area contributed by atoms with Gasteiger partial charge in [0.25, 0.3) is 0 Å². The lowest BCUT2D eigenvalue weighted by Gasteiger charge is -2.23. The summed E-state index contributed by atoms with van der Waals surface area (Å²) >= 11 is 0. The zero-order valence-corrected chi connectivity index (χ0v) is 10.0. The summed E-state index contributed by atoms with van der Waals surface area (Å²) in [6.45, 7) is 0. The van der Waals surface area contributed by atoms with Crippen LogP contribution in [0.2, 0.25) is 0 Å². The molecule has 1 atom stereocenters. The second-order valence-electron chi connectivity index (χ2n) is 5.09. The van der Waals surface area contributed by atoms with Gasteiger partial charge in [-0.2, -0.15) is 0 Å². The standard InChI is InChI=1S/C11H21NO2S/c12-11(9-6-7-9)8-15(13,14)10-4-2-1-3-5-10/h9-11H,1-8,12H2. The molecule has 2 saturated carbocycles. The van der Waals surface area contributed by atoms with Crippen molar-refractivity contribution in [3.8, 4) is 0 Å². The highest BCUT2D eigenvalue weighted by molar-refractivity contribution is 7.92. The van der Waals surface area contributed by atoms with Gasteiger partial charge in [-0.25, -0.2) is 8.42 Å². The van der Waals surface area contributed by atoms with E-state index in [1.807, 2.05) is 0 Å². The van der Waals surface area contributed by atoms with Gasteiger partial charge in [-0.05, 0) is 31.6 Å². The lowest BCUT2D eigenvalue weighted by atomic mass is 10.0. The summed E-state index contributed by atoms with van der Waals surface area (Å²) in [5, 5.41) is -0.0870. The first-order valence-electron chi connectivity index (χ1n) is 6.07.